The van der Waals surface area contributed by atoms with E-state index in [1.807, 2.05) is 6.07 Å². The fourth-order valence-corrected chi connectivity index (χ4v) is 3.25. The molecular formula is C19H27N. The summed E-state index contributed by atoms with van der Waals surface area (Å²) in [7, 11) is 0. The summed E-state index contributed by atoms with van der Waals surface area (Å²) >= 11 is 0. The summed E-state index contributed by atoms with van der Waals surface area (Å²) < 4.78 is 0. The Morgan fingerprint density at radius 3 is 2.30 bits per heavy atom. The van der Waals surface area contributed by atoms with Crippen molar-refractivity contribution in [1.29, 1.82) is 0 Å². The van der Waals surface area contributed by atoms with Gasteiger partial charge >= 0.3 is 0 Å². The molecule has 0 aliphatic heterocycles. The van der Waals surface area contributed by atoms with Crippen LogP contribution < -0.4 is 0 Å². The molecule has 20 heavy (non-hydrogen) atoms. The van der Waals surface area contributed by atoms with Gasteiger partial charge in [-0.3, -0.25) is 4.90 Å². The molecule has 1 nitrogen and oxygen atoms in total. The van der Waals surface area contributed by atoms with Gasteiger partial charge in [0, 0.05) is 5.56 Å². The largest absolute Gasteiger partial charge is 0.290 e. The summed E-state index contributed by atoms with van der Waals surface area (Å²) in [4.78, 5) is 2.53. The maximum Gasteiger partial charge on any atom is 0.0746 e. The SMILES string of the molecule is CCN(CC)C(C#Cc1ccccc1)C1CCCCC1. The quantitative estimate of drug-likeness (QED) is 0.735. The molecule has 0 heterocycles. The molecule has 1 unspecified atom stereocenters. The van der Waals surface area contributed by atoms with E-state index in [4.69, 9.17) is 0 Å². The van der Waals surface area contributed by atoms with Crippen LogP contribution in [0.25, 0.3) is 0 Å². The molecule has 0 amide bonds. The molecule has 0 aromatic heterocycles. The highest BCUT2D eigenvalue weighted by atomic mass is 15.1. The molecule has 108 valence electrons. The number of nitrogens with zero attached hydrogens (tertiary/aromatic N) is 1. The first-order valence-electron chi connectivity index (χ1n) is 8.15. The molecule has 0 N–H and O–H groups in total. The summed E-state index contributed by atoms with van der Waals surface area (Å²) in [6.45, 7) is 6.70. The molecule has 1 saturated carbocycles. The molecular weight excluding hydrogens is 242 g/mol. The number of rotatable bonds is 4. The lowest BCUT2D eigenvalue weighted by atomic mass is 9.83. The Bertz CT molecular complexity index is 430. The van der Waals surface area contributed by atoms with Gasteiger partial charge in [0.2, 0.25) is 0 Å². The Balaban J connectivity index is 2.15. The zero-order valence-corrected chi connectivity index (χ0v) is 12.9. The van der Waals surface area contributed by atoms with Gasteiger partial charge in [-0.05, 0) is 44.0 Å². The van der Waals surface area contributed by atoms with E-state index in [9.17, 15) is 0 Å². The highest BCUT2D eigenvalue weighted by molar-refractivity contribution is 5.35. The van der Waals surface area contributed by atoms with Crippen molar-refractivity contribution >= 4 is 0 Å². The third-order valence-electron chi connectivity index (χ3n) is 4.44. The van der Waals surface area contributed by atoms with Crippen LogP contribution in [-0.4, -0.2) is 24.0 Å². The van der Waals surface area contributed by atoms with Crippen LogP contribution in [0.3, 0.4) is 0 Å². The number of hydrogen-bond acceptors (Lipinski definition) is 1. The maximum atomic E-state index is 3.58. The van der Waals surface area contributed by atoms with Crippen LogP contribution in [0.2, 0.25) is 0 Å². The third-order valence-corrected chi connectivity index (χ3v) is 4.44. The van der Waals surface area contributed by atoms with Crippen LogP contribution >= 0.6 is 0 Å². The van der Waals surface area contributed by atoms with E-state index in [1.165, 1.54) is 32.1 Å². The average Bonchev–Trinajstić information content (AvgIpc) is 2.53. The van der Waals surface area contributed by atoms with E-state index in [0.29, 0.717) is 6.04 Å². The second-order valence-electron chi connectivity index (χ2n) is 5.70. The van der Waals surface area contributed by atoms with Gasteiger partial charge in [0.25, 0.3) is 0 Å². The molecule has 1 aliphatic carbocycles. The van der Waals surface area contributed by atoms with Crippen LogP contribution in [0.1, 0.15) is 51.5 Å². The van der Waals surface area contributed by atoms with Gasteiger partial charge in [-0.15, -0.1) is 0 Å². The average molecular weight is 269 g/mol. The lowest BCUT2D eigenvalue weighted by Crippen LogP contribution is -2.40. The van der Waals surface area contributed by atoms with Crippen molar-refractivity contribution in [2.75, 3.05) is 13.1 Å². The Kier molecular flexibility index (Phi) is 6.15. The highest BCUT2D eigenvalue weighted by Crippen LogP contribution is 2.28. The lowest BCUT2D eigenvalue weighted by Gasteiger charge is -2.34. The van der Waals surface area contributed by atoms with E-state index in [2.05, 4.69) is 54.9 Å². The zero-order chi connectivity index (χ0) is 14.2. The molecule has 1 heteroatoms. The van der Waals surface area contributed by atoms with E-state index < -0.39 is 0 Å². The van der Waals surface area contributed by atoms with Crippen LogP contribution in [0, 0.1) is 17.8 Å². The molecule has 1 aliphatic rings. The molecule has 0 spiro atoms. The van der Waals surface area contributed by atoms with Crippen LogP contribution in [0.5, 0.6) is 0 Å². The molecule has 1 fully saturated rings. The highest BCUT2D eigenvalue weighted by Gasteiger charge is 2.25. The first kappa shape index (κ1) is 15.1. The second-order valence-corrected chi connectivity index (χ2v) is 5.70. The molecule has 0 saturated heterocycles. The van der Waals surface area contributed by atoms with Crippen molar-refractivity contribution in [2.45, 2.75) is 52.0 Å². The Morgan fingerprint density at radius 1 is 1.05 bits per heavy atom. The van der Waals surface area contributed by atoms with Gasteiger partial charge in [0.1, 0.15) is 0 Å². The third kappa shape index (κ3) is 4.12. The van der Waals surface area contributed by atoms with Gasteiger partial charge in [-0.25, -0.2) is 0 Å². The Labute approximate surface area is 124 Å². The van der Waals surface area contributed by atoms with Crippen LogP contribution in [0.4, 0.5) is 0 Å². The molecule has 2 rings (SSSR count). The van der Waals surface area contributed by atoms with Crippen molar-refractivity contribution in [2.24, 2.45) is 5.92 Å². The smallest absolute Gasteiger partial charge is 0.0746 e. The summed E-state index contributed by atoms with van der Waals surface area (Å²) in [5.74, 6) is 7.75. The second kappa shape index (κ2) is 8.12. The first-order valence-corrected chi connectivity index (χ1v) is 8.15. The fraction of sp³-hybridized carbons (Fsp3) is 0.579. The van der Waals surface area contributed by atoms with E-state index >= 15 is 0 Å². The van der Waals surface area contributed by atoms with Crippen molar-refractivity contribution < 1.29 is 0 Å². The minimum absolute atomic E-state index is 0.436. The molecule has 0 radical (unpaired) electrons. The Morgan fingerprint density at radius 2 is 1.70 bits per heavy atom. The molecule has 1 atom stereocenters. The predicted molar refractivity (Wildman–Crippen MR) is 86.6 cm³/mol. The number of benzene rings is 1. The van der Waals surface area contributed by atoms with Crippen molar-refractivity contribution in [3.63, 3.8) is 0 Å². The molecule has 0 bridgehead atoms. The van der Waals surface area contributed by atoms with Gasteiger partial charge in [-0.2, -0.15) is 0 Å². The van der Waals surface area contributed by atoms with Crippen molar-refractivity contribution in [3.05, 3.63) is 35.9 Å². The summed E-state index contributed by atoms with van der Waals surface area (Å²) in [5, 5.41) is 0. The molecule has 1 aromatic carbocycles. The Hall–Kier alpha value is -1.26. The lowest BCUT2D eigenvalue weighted by molar-refractivity contribution is 0.169. The first-order chi connectivity index (χ1) is 9.85. The van der Waals surface area contributed by atoms with Gasteiger partial charge in [0.15, 0.2) is 0 Å². The van der Waals surface area contributed by atoms with Crippen molar-refractivity contribution in [1.82, 2.24) is 4.90 Å². The predicted octanol–water partition coefficient (Wildman–Crippen LogP) is 4.33. The summed E-state index contributed by atoms with van der Waals surface area (Å²) in [6.07, 6.45) is 6.88. The van der Waals surface area contributed by atoms with Crippen LogP contribution in [-0.2, 0) is 0 Å². The summed E-state index contributed by atoms with van der Waals surface area (Å²) in [5.41, 5.74) is 1.14. The van der Waals surface area contributed by atoms with E-state index in [0.717, 1.165) is 24.6 Å². The topological polar surface area (TPSA) is 3.24 Å². The van der Waals surface area contributed by atoms with Gasteiger partial charge < -0.3 is 0 Å². The van der Waals surface area contributed by atoms with Crippen LogP contribution in [0.15, 0.2) is 30.3 Å². The monoisotopic (exact) mass is 269 g/mol. The maximum absolute atomic E-state index is 3.58. The van der Waals surface area contributed by atoms with E-state index in [-0.39, 0.29) is 0 Å². The van der Waals surface area contributed by atoms with Crippen molar-refractivity contribution in [3.8, 4) is 11.8 Å². The number of hydrogen-bond donors (Lipinski definition) is 0. The molecule has 1 aromatic rings. The minimum atomic E-state index is 0.436. The van der Waals surface area contributed by atoms with Gasteiger partial charge in [0.05, 0.1) is 6.04 Å². The van der Waals surface area contributed by atoms with Gasteiger partial charge in [-0.1, -0.05) is 63.1 Å². The normalized spacial score (nSPS) is 17.6. The van der Waals surface area contributed by atoms with E-state index in [1.54, 1.807) is 0 Å². The summed E-state index contributed by atoms with van der Waals surface area (Å²) in [6, 6.07) is 10.8. The standard InChI is InChI=1S/C19H27N/c1-3-20(4-2)19(18-13-9-6-10-14-18)16-15-17-11-7-5-8-12-17/h5,7-8,11-12,18-19H,3-4,6,9-10,13-14H2,1-2H3. The zero-order valence-electron chi connectivity index (χ0n) is 12.9. The minimum Gasteiger partial charge on any atom is -0.290 e. The fourth-order valence-electron chi connectivity index (χ4n) is 3.25.